The molecule has 31 heavy (non-hydrogen) atoms. The first-order chi connectivity index (χ1) is 14.9. The zero-order valence-corrected chi connectivity index (χ0v) is 18.2. The largest absolute Gasteiger partial charge is 0.478 e. The number of aromatic nitrogens is 4. The van der Waals surface area contributed by atoms with Crippen LogP contribution in [0.5, 0.6) is 5.75 Å². The van der Waals surface area contributed by atoms with Gasteiger partial charge in [-0.15, -0.1) is 5.92 Å². The Hall–Kier alpha value is -3.83. The van der Waals surface area contributed by atoms with Crippen LogP contribution < -0.4 is 16.3 Å². The fourth-order valence-corrected chi connectivity index (χ4v) is 3.29. The molecule has 0 amide bonds. The summed E-state index contributed by atoms with van der Waals surface area (Å²) in [6, 6.07) is 13.1. The summed E-state index contributed by atoms with van der Waals surface area (Å²) in [5, 5.41) is 7.77. The van der Waals surface area contributed by atoms with Crippen molar-refractivity contribution < 1.29 is 9.57 Å². The molecule has 0 aliphatic carbocycles. The van der Waals surface area contributed by atoms with Crippen LogP contribution >= 0.6 is 0 Å². The van der Waals surface area contributed by atoms with Gasteiger partial charge in [0, 0.05) is 18.2 Å². The molecule has 1 atom stereocenters. The maximum atomic E-state index is 12.5. The third-order valence-electron chi connectivity index (χ3n) is 4.81. The molecule has 2 aromatic carbocycles. The van der Waals surface area contributed by atoms with Crippen LogP contribution in [0.1, 0.15) is 37.5 Å². The van der Waals surface area contributed by atoms with Crippen LogP contribution in [0.2, 0.25) is 0 Å². The van der Waals surface area contributed by atoms with Crippen molar-refractivity contribution in [3.05, 3.63) is 69.6 Å². The smallest absolute Gasteiger partial charge is 0.368 e. The van der Waals surface area contributed by atoms with Crippen molar-refractivity contribution in [1.29, 1.82) is 0 Å². The van der Waals surface area contributed by atoms with Crippen molar-refractivity contribution in [1.82, 2.24) is 19.8 Å². The molecule has 0 aliphatic heterocycles. The number of aryl methyl sites for hydroxylation is 2. The van der Waals surface area contributed by atoms with E-state index in [-0.39, 0.29) is 11.8 Å². The molecule has 3 rings (SSSR count). The number of ether oxygens (including phenoxy) is 1. The summed E-state index contributed by atoms with van der Waals surface area (Å²) in [5.41, 5.74) is 3.31. The Morgan fingerprint density at radius 2 is 1.94 bits per heavy atom. The maximum Gasteiger partial charge on any atom is 0.368 e. The van der Waals surface area contributed by atoms with E-state index in [9.17, 15) is 4.79 Å². The van der Waals surface area contributed by atoms with Crippen LogP contribution in [0.3, 0.4) is 0 Å². The van der Waals surface area contributed by atoms with Crippen LogP contribution in [-0.2, 0) is 11.9 Å². The third kappa shape index (κ3) is 4.52. The van der Waals surface area contributed by atoms with Gasteiger partial charge in [-0.1, -0.05) is 30.2 Å². The van der Waals surface area contributed by atoms with Crippen LogP contribution in [0.25, 0.3) is 17.0 Å². The van der Waals surface area contributed by atoms with Crippen molar-refractivity contribution in [2.45, 2.75) is 33.8 Å². The SMILES string of the molecule is CC#CC(C)Oc1cccc(/C(C)=C(/ON)c2c(C)cccc2-n2nnn(C)c2=O)c1. The molecule has 3 aromatic rings. The van der Waals surface area contributed by atoms with Gasteiger partial charge in [-0.2, -0.15) is 15.3 Å². The van der Waals surface area contributed by atoms with Crippen LogP contribution in [0.15, 0.2) is 47.3 Å². The Morgan fingerprint density at radius 3 is 2.58 bits per heavy atom. The van der Waals surface area contributed by atoms with Gasteiger partial charge in [-0.05, 0) is 67.4 Å². The van der Waals surface area contributed by atoms with E-state index in [1.54, 1.807) is 13.0 Å². The highest BCUT2D eigenvalue weighted by Gasteiger charge is 2.20. The number of hydrogen-bond acceptors (Lipinski definition) is 6. The summed E-state index contributed by atoms with van der Waals surface area (Å²) < 4.78 is 8.25. The minimum absolute atomic E-state index is 0.235. The quantitative estimate of drug-likeness (QED) is 0.286. The average molecular weight is 419 g/mol. The van der Waals surface area contributed by atoms with Gasteiger partial charge in [0.25, 0.3) is 0 Å². The molecule has 160 valence electrons. The minimum Gasteiger partial charge on any atom is -0.478 e. The Balaban J connectivity index is 2.15. The lowest BCUT2D eigenvalue weighted by Gasteiger charge is -2.17. The number of benzene rings is 2. The lowest BCUT2D eigenvalue weighted by atomic mass is 9.98. The Bertz CT molecular complexity index is 1240. The number of tetrazole rings is 1. The molecule has 0 fully saturated rings. The van der Waals surface area contributed by atoms with Crippen molar-refractivity contribution >= 4 is 11.3 Å². The Labute approximate surface area is 180 Å². The van der Waals surface area contributed by atoms with Gasteiger partial charge >= 0.3 is 5.69 Å². The second-order valence-corrected chi connectivity index (χ2v) is 7.02. The second kappa shape index (κ2) is 9.32. The summed E-state index contributed by atoms with van der Waals surface area (Å²) in [6.45, 7) is 7.47. The summed E-state index contributed by atoms with van der Waals surface area (Å²) in [5.74, 6) is 12.6. The van der Waals surface area contributed by atoms with Crippen LogP contribution in [0, 0.1) is 18.8 Å². The molecule has 0 saturated heterocycles. The van der Waals surface area contributed by atoms with E-state index >= 15 is 0 Å². The van der Waals surface area contributed by atoms with Crippen LogP contribution in [0.4, 0.5) is 0 Å². The van der Waals surface area contributed by atoms with Crippen molar-refractivity contribution in [3.63, 3.8) is 0 Å². The molecule has 8 heteroatoms. The summed E-state index contributed by atoms with van der Waals surface area (Å²) in [4.78, 5) is 17.8. The molecule has 2 N–H and O–H groups in total. The van der Waals surface area contributed by atoms with Gasteiger partial charge in [0.15, 0.2) is 11.9 Å². The molecule has 0 spiro atoms. The fraction of sp³-hybridized carbons (Fsp3) is 0.261. The van der Waals surface area contributed by atoms with Gasteiger partial charge in [0.1, 0.15) is 5.75 Å². The first-order valence-electron chi connectivity index (χ1n) is 9.73. The monoisotopic (exact) mass is 419 g/mol. The molecule has 0 aliphatic rings. The number of hydrogen-bond donors (Lipinski definition) is 1. The molecule has 0 bridgehead atoms. The summed E-state index contributed by atoms with van der Waals surface area (Å²) >= 11 is 0. The standard InChI is InChI=1S/C23H25N5O3/c1-6-9-16(3)30-19-12-8-11-18(14-19)17(4)22(31-24)21-15(2)10-7-13-20(21)28-23(29)27(5)25-26-28/h7-8,10-14,16H,24H2,1-5H3/b22-17+. The molecule has 1 unspecified atom stereocenters. The number of nitrogens with two attached hydrogens (primary N) is 1. The Kier molecular flexibility index (Phi) is 6.58. The first-order valence-corrected chi connectivity index (χ1v) is 9.73. The van der Waals surface area contributed by atoms with Crippen molar-refractivity contribution in [2.75, 3.05) is 0 Å². The third-order valence-corrected chi connectivity index (χ3v) is 4.81. The predicted octanol–water partition coefficient (Wildman–Crippen LogP) is 2.84. The zero-order valence-electron chi connectivity index (χ0n) is 18.2. The van der Waals surface area contributed by atoms with Gasteiger partial charge in [0.2, 0.25) is 0 Å². The first kappa shape index (κ1) is 21.9. The highest BCUT2D eigenvalue weighted by atomic mass is 16.6. The number of rotatable bonds is 6. The van der Waals surface area contributed by atoms with E-state index in [0.29, 0.717) is 22.8 Å². The molecule has 1 heterocycles. The number of allylic oxidation sites excluding steroid dienone is 1. The van der Waals surface area contributed by atoms with E-state index in [1.165, 1.54) is 11.7 Å². The van der Waals surface area contributed by atoms with E-state index in [1.807, 2.05) is 57.2 Å². The van der Waals surface area contributed by atoms with E-state index < -0.39 is 0 Å². The van der Waals surface area contributed by atoms with Crippen LogP contribution in [-0.4, -0.2) is 25.9 Å². The van der Waals surface area contributed by atoms with E-state index in [2.05, 4.69) is 22.3 Å². The van der Waals surface area contributed by atoms with Gasteiger partial charge in [-0.25, -0.2) is 4.79 Å². The highest BCUT2D eigenvalue weighted by Crippen LogP contribution is 2.33. The van der Waals surface area contributed by atoms with Gasteiger partial charge in [-0.3, -0.25) is 0 Å². The fourth-order valence-electron chi connectivity index (χ4n) is 3.29. The molecule has 0 radical (unpaired) electrons. The molecule has 8 nitrogen and oxygen atoms in total. The van der Waals surface area contributed by atoms with E-state index in [0.717, 1.165) is 21.4 Å². The zero-order chi connectivity index (χ0) is 22.5. The van der Waals surface area contributed by atoms with Crippen molar-refractivity contribution in [2.24, 2.45) is 12.9 Å². The topological polar surface area (TPSA) is 97.2 Å². The highest BCUT2D eigenvalue weighted by molar-refractivity contribution is 5.90. The van der Waals surface area contributed by atoms with Gasteiger partial charge in [0.05, 0.1) is 5.69 Å². The normalized spacial score (nSPS) is 12.5. The number of nitrogens with zero attached hydrogens (tertiary/aromatic N) is 4. The maximum absolute atomic E-state index is 12.5. The molecule has 1 aromatic heterocycles. The van der Waals surface area contributed by atoms with Gasteiger partial charge < -0.3 is 9.57 Å². The Morgan fingerprint density at radius 1 is 1.19 bits per heavy atom. The predicted molar refractivity (Wildman–Crippen MR) is 119 cm³/mol. The second-order valence-electron chi connectivity index (χ2n) is 7.02. The minimum atomic E-state index is -0.373. The molecular formula is C23H25N5O3. The van der Waals surface area contributed by atoms with Crippen molar-refractivity contribution in [3.8, 4) is 23.3 Å². The van der Waals surface area contributed by atoms with E-state index in [4.69, 9.17) is 15.5 Å². The summed E-state index contributed by atoms with van der Waals surface area (Å²) in [6.07, 6.45) is -0.235. The lowest BCUT2D eigenvalue weighted by Crippen LogP contribution is -2.23. The molecular weight excluding hydrogens is 394 g/mol. The lowest BCUT2D eigenvalue weighted by molar-refractivity contribution is 0.278. The summed E-state index contributed by atoms with van der Waals surface area (Å²) in [7, 11) is 1.54. The average Bonchev–Trinajstić information content (AvgIpc) is 3.08. The molecule has 0 saturated carbocycles.